The maximum atomic E-state index is 12.2. The lowest BCUT2D eigenvalue weighted by molar-refractivity contribution is -0.209. The topological polar surface area (TPSA) is 105 Å². The van der Waals surface area contributed by atoms with Crippen LogP contribution in [0.15, 0.2) is 12.7 Å². The van der Waals surface area contributed by atoms with Gasteiger partial charge >= 0.3 is 5.97 Å². The summed E-state index contributed by atoms with van der Waals surface area (Å²) in [6.45, 7) is 10.4. The van der Waals surface area contributed by atoms with Crippen molar-refractivity contribution in [1.29, 1.82) is 0 Å². The van der Waals surface area contributed by atoms with Crippen molar-refractivity contribution in [3.8, 4) is 0 Å². The molecule has 2 aliphatic rings. The number of amides is 1. The van der Waals surface area contributed by atoms with Gasteiger partial charge in [-0.3, -0.25) is 13.8 Å². The molecule has 2 saturated carbocycles. The fourth-order valence-corrected chi connectivity index (χ4v) is 5.28. The third-order valence-corrected chi connectivity index (χ3v) is 6.96. The summed E-state index contributed by atoms with van der Waals surface area (Å²) in [5, 5.41) is 2.37. The van der Waals surface area contributed by atoms with E-state index in [1.165, 1.54) is 0 Å². The van der Waals surface area contributed by atoms with E-state index in [0.717, 1.165) is 18.9 Å². The third-order valence-electron chi connectivity index (χ3n) is 6.48. The van der Waals surface area contributed by atoms with Gasteiger partial charge < -0.3 is 14.6 Å². The highest BCUT2D eigenvalue weighted by Gasteiger charge is 2.75. The molecule has 1 N–H and O–H groups in total. The van der Waals surface area contributed by atoms with Crippen LogP contribution in [0.4, 0.5) is 0 Å². The molecule has 2 aliphatic carbocycles. The Morgan fingerprint density at radius 2 is 2.04 bits per heavy atom. The van der Waals surface area contributed by atoms with Crippen molar-refractivity contribution in [1.82, 2.24) is 5.32 Å². The van der Waals surface area contributed by atoms with Gasteiger partial charge in [-0.05, 0) is 44.6 Å². The van der Waals surface area contributed by atoms with Crippen molar-refractivity contribution in [3.63, 3.8) is 0 Å². The molecule has 0 aromatic rings. The average molecular weight is 358 g/mol. The molecule has 0 aromatic heterocycles. The third kappa shape index (κ3) is 2.60. The van der Waals surface area contributed by atoms with Crippen molar-refractivity contribution in [2.45, 2.75) is 51.7 Å². The molecule has 0 saturated heterocycles. The number of carbonyl (C=O) groups excluding carboxylic acids is 2. The van der Waals surface area contributed by atoms with Crippen LogP contribution in [0.5, 0.6) is 0 Å². The number of ether oxygens (including phenoxy) is 1. The van der Waals surface area contributed by atoms with E-state index in [0.29, 0.717) is 0 Å². The first-order chi connectivity index (χ1) is 11.0. The number of carbonyl (C=O) groups is 2. The number of fused-ring (bicyclic) bond motifs is 2. The van der Waals surface area contributed by atoms with E-state index in [4.69, 9.17) is 8.92 Å². The SMILES string of the molecule is C=CC(=O)NCC(=O)OC1(C)C2(C)CCC(C2C)C1(C)OS(=O)[O-]. The summed E-state index contributed by atoms with van der Waals surface area (Å²) in [5.74, 6) is -1.03. The zero-order chi connectivity index (χ0) is 18.3. The van der Waals surface area contributed by atoms with Crippen LogP contribution in [0, 0.1) is 17.3 Å². The van der Waals surface area contributed by atoms with Crippen LogP contribution in [-0.2, 0) is 29.9 Å². The highest BCUT2D eigenvalue weighted by Crippen LogP contribution is 2.69. The number of hydrogen-bond acceptors (Lipinski definition) is 6. The van der Waals surface area contributed by atoms with Crippen LogP contribution in [0.25, 0.3) is 0 Å². The lowest BCUT2D eigenvalue weighted by Gasteiger charge is -2.51. The number of esters is 1. The van der Waals surface area contributed by atoms with Crippen molar-refractivity contribution in [2.24, 2.45) is 17.3 Å². The van der Waals surface area contributed by atoms with Gasteiger partial charge in [0.15, 0.2) is 0 Å². The van der Waals surface area contributed by atoms with Crippen LogP contribution >= 0.6 is 0 Å². The van der Waals surface area contributed by atoms with Gasteiger partial charge in [-0.2, -0.15) is 0 Å². The second-order valence-electron chi connectivity index (χ2n) is 7.18. The Morgan fingerprint density at radius 1 is 1.42 bits per heavy atom. The van der Waals surface area contributed by atoms with Gasteiger partial charge in [0, 0.05) is 5.41 Å². The maximum absolute atomic E-state index is 12.2. The predicted octanol–water partition coefficient (Wildman–Crippen LogP) is 1.23. The van der Waals surface area contributed by atoms with Gasteiger partial charge in [-0.1, -0.05) is 20.4 Å². The minimum Gasteiger partial charge on any atom is -0.750 e. The molecule has 6 atom stereocenters. The highest BCUT2D eigenvalue weighted by atomic mass is 32.2. The molecule has 2 rings (SSSR count). The first-order valence-electron chi connectivity index (χ1n) is 7.92. The monoisotopic (exact) mass is 358 g/mol. The molecule has 8 heteroatoms. The molecule has 136 valence electrons. The van der Waals surface area contributed by atoms with E-state index in [1.54, 1.807) is 13.8 Å². The van der Waals surface area contributed by atoms with Crippen LogP contribution in [0.3, 0.4) is 0 Å². The molecular formula is C16H24NO6S-. The summed E-state index contributed by atoms with van der Waals surface area (Å²) in [7, 11) is 0. The quantitative estimate of drug-likeness (QED) is 0.435. The van der Waals surface area contributed by atoms with Crippen molar-refractivity contribution in [3.05, 3.63) is 12.7 Å². The van der Waals surface area contributed by atoms with E-state index in [-0.39, 0.29) is 18.4 Å². The Hall–Kier alpha value is -1.25. The van der Waals surface area contributed by atoms with E-state index in [9.17, 15) is 18.4 Å². The Balaban J connectivity index is 2.28. The zero-order valence-corrected chi connectivity index (χ0v) is 15.2. The predicted molar refractivity (Wildman–Crippen MR) is 86.1 cm³/mol. The van der Waals surface area contributed by atoms with Crippen LogP contribution in [0.1, 0.15) is 40.5 Å². The number of nitrogens with one attached hydrogen (secondary N) is 1. The van der Waals surface area contributed by atoms with E-state index in [1.807, 2.05) is 13.8 Å². The standard InChI is InChI=1S/C16H25NO6S/c1-6-12(18)17-9-13(19)22-16(5)14(3)8-7-11(10(14)2)15(16,4)23-24(20)21/h6,10-11H,1,7-9H2,2-5H3,(H,17,18)(H,20,21)/p-1. The number of rotatable bonds is 6. The van der Waals surface area contributed by atoms with Gasteiger partial charge in [0.05, 0.1) is 11.4 Å². The van der Waals surface area contributed by atoms with Gasteiger partial charge in [-0.25, -0.2) is 4.21 Å². The fraction of sp³-hybridized carbons (Fsp3) is 0.750. The van der Waals surface area contributed by atoms with Crippen LogP contribution < -0.4 is 5.32 Å². The average Bonchev–Trinajstić information content (AvgIpc) is 2.85. The normalized spacial score (nSPS) is 41.7. The van der Waals surface area contributed by atoms with Crippen LogP contribution in [0.2, 0.25) is 0 Å². The summed E-state index contributed by atoms with van der Waals surface area (Å²) in [6.07, 6.45) is 2.68. The molecule has 2 bridgehead atoms. The second-order valence-corrected chi connectivity index (χ2v) is 7.75. The second kappa shape index (κ2) is 6.24. The minimum atomic E-state index is -2.73. The molecule has 6 unspecified atom stereocenters. The molecule has 0 heterocycles. The zero-order valence-electron chi connectivity index (χ0n) is 14.4. The highest BCUT2D eigenvalue weighted by molar-refractivity contribution is 7.74. The maximum Gasteiger partial charge on any atom is 0.326 e. The Morgan fingerprint density at radius 3 is 2.58 bits per heavy atom. The summed E-state index contributed by atoms with van der Waals surface area (Å²) in [5.41, 5.74) is -2.69. The van der Waals surface area contributed by atoms with E-state index < -0.39 is 39.9 Å². The van der Waals surface area contributed by atoms with Gasteiger partial charge in [-0.15, -0.1) is 0 Å². The summed E-state index contributed by atoms with van der Waals surface area (Å²) < 4.78 is 33.5. The van der Waals surface area contributed by atoms with E-state index in [2.05, 4.69) is 11.9 Å². The molecule has 0 spiro atoms. The molecule has 0 radical (unpaired) electrons. The molecule has 0 aromatic carbocycles. The first kappa shape index (κ1) is 19.1. The Kier molecular flexibility index (Phi) is 4.96. The van der Waals surface area contributed by atoms with Crippen LogP contribution in [-0.4, -0.2) is 38.4 Å². The van der Waals surface area contributed by atoms with Gasteiger partial charge in [0.25, 0.3) is 0 Å². The minimum absolute atomic E-state index is 0.0408. The Bertz CT molecular complexity index is 595. The van der Waals surface area contributed by atoms with Crippen molar-refractivity contribution in [2.75, 3.05) is 6.54 Å². The fourth-order valence-electron chi connectivity index (χ4n) is 4.72. The lowest BCUT2D eigenvalue weighted by atomic mass is 9.66. The summed E-state index contributed by atoms with van der Waals surface area (Å²) in [6, 6.07) is 0. The first-order valence-corrected chi connectivity index (χ1v) is 8.92. The molecule has 1 amide bonds. The molecule has 0 aliphatic heterocycles. The van der Waals surface area contributed by atoms with Crippen molar-refractivity contribution >= 4 is 23.2 Å². The largest absolute Gasteiger partial charge is 0.750 e. The molecule has 7 nitrogen and oxygen atoms in total. The summed E-state index contributed by atoms with van der Waals surface area (Å²) >= 11 is -2.73. The lowest BCUT2D eigenvalue weighted by Crippen LogP contribution is -2.62. The molecular weight excluding hydrogens is 334 g/mol. The smallest absolute Gasteiger partial charge is 0.326 e. The van der Waals surface area contributed by atoms with E-state index >= 15 is 0 Å². The Labute approximate surface area is 144 Å². The van der Waals surface area contributed by atoms with Gasteiger partial charge in [0.2, 0.25) is 5.91 Å². The summed E-state index contributed by atoms with van der Waals surface area (Å²) in [4.78, 5) is 23.4. The number of hydrogen-bond donors (Lipinski definition) is 1. The molecule has 2 fully saturated rings. The molecule has 24 heavy (non-hydrogen) atoms. The van der Waals surface area contributed by atoms with Gasteiger partial charge in [0.1, 0.15) is 17.7 Å². The van der Waals surface area contributed by atoms with Crippen molar-refractivity contribution < 1.29 is 27.3 Å².